The average Bonchev–Trinajstić information content (AvgIpc) is 3.38. The average molecular weight is 523 g/mol. The number of hydrogen-bond acceptors (Lipinski definition) is 6. The maximum atomic E-state index is 12.7. The summed E-state index contributed by atoms with van der Waals surface area (Å²) in [7, 11) is 0. The second-order valence-corrected chi connectivity index (χ2v) is 10.5. The van der Waals surface area contributed by atoms with Gasteiger partial charge in [-0.15, -0.1) is 11.3 Å². The molecular formula is C22H27BrN4O4S. The van der Waals surface area contributed by atoms with Crippen molar-refractivity contribution in [3.63, 3.8) is 0 Å². The van der Waals surface area contributed by atoms with E-state index in [0.717, 1.165) is 19.4 Å². The summed E-state index contributed by atoms with van der Waals surface area (Å²) in [6.07, 6.45) is 3.82. The standard InChI is InChI=1S/C22H27BrN4O4S/c1-22(2,3)12-18(28)25-16-7-6-14(11-15(16)23)19(29)26-21-27(9-10-32-21)13-31-20(30)17-5-4-8-24-17/h6-7,9-11,17,24H,4-5,8,12-13H2,1-3H3,(H,25,28)/b26-21-. The summed E-state index contributed by atoms with van der Waals surface area (Å²) in [5.41, 5.74) is 0.843. The predicted molar refractivity (Wildman–Crippen MR) is 126 cm³/mol. The van der Waals surface area contributed by atoms with E-state index >= 15 is 0 Å². The zero-order valence-corrected chi connectivity index (χ0v) is 20.7. The Morgan fingerprint density at radius 1 is 1.34 bits per heavy atom. The van der Waals surface area contributed by atoms with Gasteiger partial charge in [-0.3, -0.25) is 19.0 Å². The van der Waals surface area contributed by atoms with Crippen LogP contribution in [-0.2, 0) is 21.1 Å². The topological polar surface area (TPSA) is 102 Å². The van der Waals surface area contributed by atoms with E-state index in [1.807, 2.05) is 20.8 Å². The predicted octanol–water partition coefficient (Wildman–Crippen LogP) is 3.68. The summed E-state index contributed by atoms with van der Waals surface area (Å²) in [6.45, 7) is 6.79. The molecule has 0 aliphatic carbocycles. The van der Waals surface area contributed by atoms with Gasteiger partial charge in [0.05, 0.1) is 5.69 Å². The number of rotatable bonds is 6. The summed E-state index contributed by atoms with van der Waals surface area (Å²) < 4.78 is 7.57. The van der Waals surface area contributed by atoms with E-state index in [1.54, 1.807) is 34.3 Å². The third-order valence-electron chi connectivity index (χ3n) is 4.73. The fraction of sp³-hybridized carbons (Fsp3) is 0.455. The van der Waals surface area contributed by atoms with Gasteiger partial charge < -0.3 is 15.4 Å². The van der Waals surface area contributed by atoms with E-state index in [9.17, 15) is 14.4 Å². The van der Waals surface area contributed by atoms with Gasteiger partial charge in [-0.25, -0.2) is 0 Å². The molecule has 32 heavy (non-hydrogen) atoms. The van der Waals surface area contributed by atoms with Crippen molar-refractivity contribution in [2.24, 2.45) is 10.4 Å². The number of anilines is 1. The number of thiazole rings is 1. The fourth-order valence-corrected chi connectivity index (χ4v) is 4.37. The van der Waals surface area contributed by atoms with Crippen LogP contribution in [0.2, 0.25) is 0 Å². The van der Waals surface area contributed by atoms with Crippen LogP contribution >= 0.6 is 27.3 Å². The van der Waals surface area contributed by atoms with E-state index in [2.05, 4.69) is 31.6 Å². The number of carbonyl (C=O) groups excluding carboxylic acids is 3. The molecule has 0 radical (unpaired) electrons. The molecule has 3 rings (SSSR count). The first-order valence-electron chi connectivity index (χ1n) is 10.3. The Morgan fingerprint density at radius 3 is 2.78 bits per heavy atom. The van der Waals surface area contributed by atoms with Crippen molar-refractivity contribution in [1.29, 1.82) is 0 Å². The first kappa shape index (κ1) is 24.3. The molecule has 1 unspecified atom stereocenters. The number of amides is 2. The molecule has 2 heterocycles. The summed E-state index contributed by atoms with van der Waals surface area (Å²) in [5.74, 6) is -0.825. The van der Waals surface area contributed by atoms with Crippen LogP contribution in [0.3, 0.4) is 0 Å². The Hall–Kier alpha value is -2.30. The molecule has 10 heteroatoms. The van der Waals surface area contributed by atoms with Crippen molar-refractivity contribution in [2.75, 3.05) is 11.9 Å². The number of aromatic nitrogens is 1. The lowest BCUT2D eigenvalue weighted by Crippen LogP contribution is -2.33. The van der Waals surface area contributed by atoms with Crippen molar-refractivity contribution < 1.29 is 19.1 Å². The van der Waals surface area contributed by atoms with Gasteiger partial charge in [0.25, 0.3) is 5.91 Å². The second kappa shape index (κ2) is 10.5. The van der Waals surface area contributed by atoms with Gasteiger partial charge >= 0.3 is 5.97 Å². The quantitative estimate of drug-likeness (QED) is 0.563. The summed E-state index contributed by atoms with van der Waals surface area (Å²) in [5, 5.41) is 7.73. The molecule has 1 aliphatic heterocycles. The number of esters is 1. The summed E-state index contributed by atoms with van der Waals surface area (Å²) in [6, 6.07) is 4.65. The molecule has 2 N–H and O–H groups in total. The van der Waals surface area contributed by atoms with Crippen LogP contribution in [0.25, 0.3) is 0 Å². The highest BCUT2D eigenvalue weighted by Gasteiger charge is 2.23. The Kier molecular flexibility index (Phi) is 8.02. The molecule has 1 aromatic heterocycles. The van der Waals surface area contributed by atoms with Gasteiger partial charge in [-0.2, -0.15) is 4.99 Å². The van der Waals surface area contributed by atoms with Gasteiger partial charge in [0.1, 0.15) is 6.04 Å². The Balaban J connectivity index is 1.66. The number of carbonyl (C=O) groups is 3. The number of nitrogens with zero attached hydrogens (tertiary/aromatic N) is 2. The van der Waals surface area contributed by atoms with E-state index in [0.29, 0.717) is 26.9 Å². The van der Waals surface area contributed by atoms with E-state index in [4.69, 9.17) is 4.74 Å². The molecule has 8 nitrogen and oxygen atoms in total. The fourth-order valence-electron chi connectivity index (χ4n) is 3.18. The SMILES string of the molecule is CC(C)(C)CC(=O)Nc1ccc(C(=O)/N=c2\sccn2COC(=O)C2CCCN2)cc1Br. The van der Waals surface area contributed by atoms with Gasteiger partial charge in [-0.05, 0) is 58.9 Å². The molecule has 1 aromatic carbocycles. The largest absolute Gasteiger partial charge is 0.443 e. The molecular weight excluding hydrogens is 496 g/mol. The van der Waals surface area contributed by atoms with Crippen molar-refractivity contribution in [1.82, 2.24) is 9.88 Å². The van der Waals surface area contributed by atoms with E-state index in [1.165, 1.54) is 11.3 Å². The number of benzene rings is 1. The first-order valence-corrected chi connectivity index (χ1v) is 12.0. The van der Waals surface area contributed by atoms with Crippen molar-refractivity contribution in [3.05, 3.63) is 44.6 Å². The van der Waals surface area contributed by atoms with Gasteiger partial charge in [0.2, 0.25) is 5.91 Å². The van der Waals surface area contributed by atoms with E-state index in [-0.39, 0.29) is 30.1 Å². The summed E-state index contributed by atoms with van der Waals surface area (Å²) >= 11 is 4.69. The smallest absolute Gasteiger partial charge is 0.324 e. The van der Waals surface area contributed by atoms with Crippen LogP contribution in [-0.4, -0.2) is 34.9 Å². The molecule has 0 spiro atoms. The summed E-state index contributed by atoms with van der Waals surface area (Å²) in [4.78, 5) is 41.6. The minimum Gasteiger partial charge on any atom is -0.443 e. The third kappa shape index (κ3) is 6.85. The monoisotopic (exact) mass is 522 g/mol. The van der Waals surface area contributed by atoms with E-state index < -0.39 is 5.91 Å². The van der Waals surface area contributed by atoms with Gasteiger partial charge in [0, 0.05) is 28.0 Å². The molecule has 1 aliphatic rings. The second-order valence-electron chi connectivity index (χ2n) is 8.79. The van der Waals surface area contributed by atoms with Crippen LogP contribution in [0.5, 0.6) is 0 Å². The Bertz CT molecular complexity index is 1060. The lowest BCUT2D eigenvalue weighted by atomic mass is 9.92. The molecule has 2 aromatic rings. The first-order chi connectivity index (χ1) is 15.1. The van der Waals surface area contributed by atoms with Crippen molar-refractivity contribution in [2.45, 2.75) is 52.8 Å². The minimum absolute atomic E-state index is 0.00489. The molecule has 1 saturated heterocycles. The zero-order valence-electron chi connectivity index (χ0n) is 18.3. The molecule has 0 bridgehead atoms. The molecule has 0 saturated carbocycles. The number of halogens is 1. The van der Waals surface area contributed by atoms with Gasteiger partial charge in [0.15, 0.2) is 11.5 Å². The highest BCUT2D eigenvalue weighted by Crippen LogP contribution is 2.26. The lowest BCUT2D eigenvalue weighted by Gasteiger charge is -2.17. The van der Waals surface area contributed by atoms with Crippen LogP contribution < -0.4 is 15.4 Å². The minimum atomic E-state index is -0.432. The molecule has 172 valence electrons. The maximum absolute atomic E-state index is 12.7. The third-order valence-corrected chi connectivity index (χ3v) is 6.18. The van der Waals surface area contributed by atoms with Crippen LogP contribution in [0.4, 0.5) is 5.69 Å². The number of ether oxygens (including phenoxy) is 1. The van der Waals surface area contributed by atoms with Gasteiger partial charge in [-0.1, -0.05) is 20.8 Å². The molecule has 1 atom stereocenters. The van der Waals surface area contributed by atoms with Crippen LogP contribution in [0.15, 0.2) is 39.2 Å². The van der Waals surface area contributed by atoms with Crippen molar-refractivity contribution >= 4 is 50.7 Å². The Morgan fingerprint density at radius 2 is 2.12 bits per heavy atom. The molecule has 1 fully saturated rings. The highest BCUT2D eigenvalue weighted by molar-refractivity contribution is 9.10. The zero-order chi connectivity index (χ0) is 23.3. The van der Waals surface area contributed by atoms with Crippen LogP contribution in [0.1, 0.15) is 50.4 Å². The number of nitrogens with one attached hydrogen (secondary N) is 2. The van der Waals surface area contributed by atoms with Crippen molar-refractivity contribution in [3.8, 4) is 0 Å². The Labute approximate surface area is 199 Å². The lowest BCUT2D eigenvalue weighted by molar-refractivity contribution is -0.149. The molecule has 2 amide bonds. The normalized spacial score (nSPS) is 16.8. The highest BCUT2D eigenvalue weighted by atomic mass is 79.9. The maximum Gasteiger partial charge on any atom is 0.324 e. The van der Waals surface area contributed by atoms with Crippen LogP contribution in [0, 0.1) is 5.41 Å². The number of hydrogen-bond donors (Lipinski definition) is 2.